The lowest BCUT2D eigenvalue weighted by molar-refractivity contribution is -0.150. The van der Waals surface area contributed by atoms with Gasteiger partial charge in [-0.05, 0) is 112 Å². The molecule has 6 aliphatic rings. The Morgan fingerprint density at radius 3 is 2.16 bits per heavy atom. The van der Waals surface area contributed by atoms with E-state index in [1.807, 2.05) is 28.9 Å². The molecular weight excluding hydrogens is 959 g/mol. The molecule has 0 radical (unpaired) electrons. The Bertz CT molecular complexity index is 2840. The first-order chi connectivity index (χ1) is 36.1. The predicted octanol–water partition coefficient (Wildman–Crippen LogP) is 6.82. The number of piperidine rings is 3. The summed E-state index contributed by atoms with van der Waals surface area (Å²) in [5.41, 5.74) is 0.607. The lowest BCUT2D eigenvalue weighted by atomic mass is 9.82. The van der Waals surface area contributed by atoms with Gasteiger partial charge in [0.05, 0.1) is 40.5 Å². The van der Waals surface area contributed by atoms with E-state index in [1.165, 1.54) is 12.1 Å². The molecule has 4 aromatic rings. The third-order valence-corrected chi connectivity index (χ3v) is 17.4. The van der Waals surface area contributed by atoms with Gasteiger partial charge in [0, 0.05) is 88.6 Å². The molecule has 2 aliphatic carbocycles. The van der Waals surface area contributed by atoms with Crippen LogP contribution in [0.25, 0.3) is 10.8 Å². The standard InChI is InChI=1S/C58H72F2N8O7/c1-57(21-22-57)56(74)68-25-9-12-40(36-68)42-15-8-16-45(50(42)60)52(70)61-51(39-10-4-3-5-11-39)55(73)66-28-23-58(2,24-29-66)75-41-19-26-64(27-20-41)37-49(69)65-30-32-67(33-31-65)54(72)46-34-38(17-18-47(46)59)35-48-43-13-6-7-14-44(43)53(71)63-62-48/h6-8,13-18,34,39-41,51H,3-5,9-12,19-33,35-37H2,1-2H3,(H,61,70)(H,63,71). The SMILES string of the molecule is CC1(OC2CCN(CC(=O)N3CCN(C(=O)c4cc(Cc5n[nH]c(=O)c6ccccc56)ccc4F)CC3)CC2)CCN(C(=O)C(NC(=O)c2cccc(C3CCCN(C(=O)C4(C)CC4)C3)c2F)C2CCCCC2)CC1. The number of nitrogens with one attached hydrogen (secondary N) is 2. The molecule has 5 amide bonds. The van der Waals surface area contributed by atoms with Crippen molar-refractivity contribution in [2.75, 3.05) is 72.0 Å². The highest BCUT2D eigenvalue weighted by atomic mass is 19.1. The topological polar surface area (TPSA) is 169 Å². The van der Waals surface area contributed by atoms with Crippen molar-refractivity contribution >= 4 is 40.3 Å². The van der Waals surface area contributed by atoms with Gasteiger partial charge in [0.2, 0.25) is 17.7 Å². The zero-order valence-corrected chi connectivity index (χ0v) is 43.6. The number of rotatable bonds is 13. The van der Waals surface area contributed by atoms with Crippen molar-refractivity contribution in [3.05, 3.63) is 111 Å². The van der Waals surface area contributed by atoms with E-state index < -0.39 is 35.1 Å². The highest BCUT2D eigenvalue weighted by Gasteiger charge is 2.48. The number of halogens is 2. The quantitative estimate of drug-likeness (QED) is 0.146. The van der Waals surface area contributed by atoms with Crippen molar-refractivity contribution in [3.63, 3.8) is 0 Å². The minimum absolute atomic E-state index is 0.00276. The van der Waals surface area contributed by atoms with Gasteiger partial charge >= 0.3 is 0 Å². The van der Waals surface area contributed by atoms with E-state index in [0.717, 1.165) is 70.6 Å². The van der Waals surface area contributed by atoms with E-state index >= 15 is 8.78 Å². The average Bonchev–Trinajstić information content (AvgIpc) is 4.20. The van der Waals surface area contributed by atoms with Crippen LogP contribution in [0.4, 0.5) is 8.78 Å². The molecule has 17 heteroatoms. The number of ether oxygens (including phenoxy) is 1. The number of hydrogen-bond acceptors (Lipinski definition) is 9. The molecule has 2 N–H and O–H groups in total. The normalized spacial score (nSPS) is 21.9. The molecule has 5 heterocycles. The van der Waals surface area contributed by atoms with Gasteiger partial charge in [-0.15, -0.1) is 0 Å². The molecule has 1 aromatic heterocycles. The third-order valence-electron chi connectivity index (χ3n) is 17.4. The molecule has 4 aliphatic heterocycles. The molecule has 3 aromatic carbocycles. The van der Waals surface area contributed by atoms with Crippen LogP contribution in [0.15, 0.2) is 65.5 Å². The van der Waals surface area contributed by atoms with Crippen LogP contribution in [0, 0.1) is 23.0 Å². The maximum absolute atomic E-state index is 16.4. The van der Waals surface area contributed by atoms with Gasteiger partial charge in [0.15, 0.2) is 0 Å². The number of fused-ring (bicyclic) bond motifs is 1. The van der Waals surface area contributed by atoms with E-state index in [2.05, 4.69) is 27.3 Å². The average molecular weight is 1030 g/mol. The van der Waals surface area contributed by atoms with Gasteiger partial charge in [-0.2, -0.15) is 5.10 Å². The smallest absolute Gasteiger partial charge is 0.272 e. The van der Waals surface area contributed by atoms with Crippen LogP contribution < -0.4 is 10.9 Å². The number of amides is 5. The molecule has 75 heavy (non-hydrogen) atoms. The van der Waals surface area contributed by atoms with Crippen LogP contribution in [0.2, 0.25) is 0 Å². The summed E-state index contributed by atoms with van der Waals surface area (Å²) in [5.74, 6) is -2.44. The Morgan fingerprint density at radius 1 is 0.733 bits per heavy atom. The summed E-state index contributed by atoms with van der Waals surface area (Å²) in [4.78, 5) is 90.4. The summed E-state index contributed by atoms with van der Waals surface area (Å²) < 4.78 is 38.4. The summed E-state index contributed by atoms with van der Waals surface area (Å²) in [5, 5.41) is 11.0. The highest BCUT2D eigenvalue weighted by Crippen LogP contribution is 2.47. The Kier molecular flexibility index (Phi) is 15.5. The molecule has 0 spiro atoms. The zero-order chi connectivity index (χ0) is 52.4. The lowest BCUT2D eigenvalue weighted by Crippen LogP contribution is -2.56. The van der Waals surface area contributed by atoms with Crippen LogP contribution in [0.3, 0.4) is 0 Å². The first kappa shape index (κ1) is 52.4. The number of benzene rings is 3. The van der Waals surface area contributed by atoms with Crippen molar-refractivity contribution in [1.29, 1.82) is 0 Å². The number of aromatic amines is 1. The van der Waals surface area contributed by atoms with Crippen molar-refractivity contribution in [2.24, 2.45) is 11.3 Å². The Balaban J connectivity index is 0.676. The summed E-state index contributed by atoms with van der Waals surface area (Å²) >= 11 is 0. The molecule has 2 unspecified atom stereocenters. The van der Waals surface area contributed by atoms with E-state index in [0.29, 0.717) is 99.2 Å². The fourth-order valence-electron chi connectivity index (χ4n) is 12.4. The van der Waals surface area contributed by atoms with Crippen molar-refractivity contribution < 1.29 is 37.5 Å². The van der Waals surface area contributed by atoms with E-state index in [9.17, 15) is 28.8 Å². The maximum Gasteiger partial charge on any atom is 0.272 e. The number of carbonyl (C=O) groups excluding carboxylic acids is 5. The second-order valence-corrected chi connectivity index (χ2v) is 22.8. The Labute approximate surface area is 437 Å². The lowest BCUT2D eigenvalue weighted by Gasteiger charge is -2.44. The van der Waals surface area contributed by atoms with Crippen LogP contribution >= 0.6 is 0 Å². The molecule has 6 fully saturated rings. The monoisotopic (exact) mass is 1030 g/mol. The first-order valence-corrected chi connectivity index (χ1v) is 27.5. The van der Waals surface area contributed by atoms with E-state index in [4.69, 9.17) is 4.74 Å². The van der Waals surface area contributed by atoms with Gasteiger partial charge in [-0.3, -0.25) is 33.7 Å². The molecule has 10 rings (SSSR count). The highest BCUT2D eigenvalue weighted by molar-refractivity contribution is 5.98. The maximum atomic E-state index is 16.4. The number of H-pyrrole nitrogens is 1. The molecule has 15 nitrogen and oxygen atoms in total. The Hall–Kier alpha value is -6.07. The number of likely N-dealkylation sites (tertiary alicyclic amines) is 3. The molecule has 4 saturated heterocycles. The van der Waals surface area contributed by atoms with Gasteiger partial charge in [-0.25, -0.2) is 13.9 Å². The largest absolute Gasteiger partial charge is 0.372 e. The third kappa shape index (κ3) is 11.7. The number of aromatic nitrogens is 2. The first-order valence-electron chi connectivity index (χ1n) is 27.5. The number of carbonyl (C=O) groups is 5. The minimum Gasteiger partial charge on any atom is -0.372 e. The van der Waals surface area contributed by atoms with E-state index in [-0.39, 0.29) is 77.4 Å². The number of piperazine rings is 1. The fourth-order valence-corrected chi connectivity index (χ4v) is 12.4. The predicted molar refractivity (Wildman–Crippen MR) is 279 cm³/mol. The summed E-state index contributed by atoms with van der Waals surface area (Å²) in [6, 6.07) is 15.8. The van der Waals surface area contributed by atoms with Gasteiger partial charge in [0.25, 0.3) is 17.4 Å². The Morgan fingerprint density at radius 2 is 1.44 bits per heavy atom. The van der Waals surface area contributed by atoms with Gasteiger partial charge in [-0.1, -0.05) is 62.6 Å². The molecule has 400 valence electrons. The number of hydrogen-bond donors (Lipinski definition) is 2. The van der Waals surface area contributed by atoms with Crippen LogP contribution in [-0.2, 0) is 25.5 Å². The second-order valence-electron chi connectivity index (χ2n) is 22.8. The van der Waals surface area contributed by atoms with Crippen molar-refractivity contribution in [3.8, 4) is 0 Å². The minimum atomic E-state index is -0.763. The van der Waals surface area contributed by atoms with Crippen LogP contribution in [0.5, 0.6) is 0 Å². The molecule has 0 bridgehead atoms. The second kappa shape index (κ2) is 22.3. The fraction of sp³-hybridized carbons (Fsp3) is 0.569. The van der Waals surface area contributed by atoms with Crippen molar-refractivity contribution in [1.82, 2.24) is 40.0 Å². The summed E-state index contributed by atoms with van der Waals surface area (Å²) in [6.07, 6.45) is 11.0. The zero-order valence-electron chi connectivity index (χ0n) is 43.6. The van der Waals surface area contributed by atoms with Gasteiger partial charge < -0.3 is 29.7 Å². The van der Waals surface area contributed by atoms with Crippen molar-refractivity contribution in [2.45, 2.75) is 127 Å². The summed E-state index contributed by atoms with van der Waals surface area (Å²) in [6.45, 7) is 9.09. The van der Waals surface area contributed by atoms with Gasteiger partial charge in [0.1, 0.15) is 17.7 Å². The van der Waals surface area contributed by atoms with E-state index in [1.54, 1.807) is 46.2 Å². The number of nitrogens with zero attached hydrogens (tertiary/aromatic N) is 6. The summed E-state index contributed by atoms with van der Waals surface area (Å²) in [7, 11) is 0. The molecule has 2 atom stereocenters. The molecular formula is C58H72F2N8O7. The van der Waals surface area contributed by atoms with Crippen LogP contribution in [-0.4, -0.2) is 154 Å². The van der Waals surface area contributed by atoms with Crippen LogP contribution in [0.1, 0.15) is 141 Å². The molecule has 2 saturated carbocycles.